The molecule has 1 unspecified atom stereocenters. The van der Waals surface area contributed by atoms with Crippen molar-refractivity contribution in [1.82, 2.24) is 0 Å². The summed E-state index contributed by atoms with van der Waals surface area (Å²) in [6.45, 7) is 1.82. The van der Waals surface area contributed by atoms with Crippen LogP contribution in [0.4, 0.5) is 5.69 Å². The van der Waals surface area contributed by atoms with E-state index >= 15 is 0 Å². The van der Waals surface area contributed by atoms with Gasteiger partial charge in [0, 0.05) is 11.8 Å². The zero-order chi connectivity index (χ0) is 27.6. The molecule has 3 aromatic rings. The maximum absolute atomic E-state index is 13.4. The highest BCUT2D eigenvalue weighted by Crippen LogP contribution is 2.45. The molecule has 0 aromatic heterocycles. The number of phenols is 1. The van der Waals surface area contributed by atoms with Crippen molar-refractivity contribution in [3.8, 4) is 17.2 Å². The Hall–Kier alpha value is -4.50. The fraction of sp³-hybridized carbons (Fsp3) is 0.179. The van der Waals surface area contributed by atoms with Gasteiger partial charge in [-0.3, -0.25) is 14.5 Å². The number of Topliss-reactive ketones (excluding diaryl/α,β-unsaturated/α-hetero) is 1. The summed E-state index contributed by atoms with van der Waals surface area (Å²) in [7, 11) is 2.78. The number of ether oxygens (including phenoxy) is 3. The van der Waals surface area contributed by atoms with Crippen LogP contribution in [0, 0.1) is 0 Å². The van der Waals surface area contributed by atoms with E-state index in [0.717, 1.165) is 4.90 Å². The highest BCUT2D eigenvalue weighted by atomic mass is 35.5. The van der Waals surface area contributed by atoms with Crippen LogP contribution in [0.5, 0.6) is 17.2 Å². The smallest absolute Gasteiger partial charge is 0.338 e. The van der Waals surface area contributed by atoms with Crippen LogP contribution in [0.2, 0.25) is 5.02 Å². The summed E-state index contributed by atoms with van der Waals surface area (Å²) < 4.78 is 15.7. The summed E-state index contributed by atoms with van der Waals surface area (Å²) in [5, 5.41) is 21.8. The van der Waals surface area contributed by atoms with Crippen LogP contribution in [0.1, 0.15) is 34.5 Å². The second kappa shape index (κ2) is 10.9. The number of methoxy groups -OCH3 is 2. The fourth-order valence-electron chi connectivity index (χ4n) is 4.30. The molecule has 1 atom stereocenters. The molecule has 4 rings (SSSR count). The van der Waals surface area contributed by atoms with Crippen molar-refractivity contribution in [2.75, 3.05) is 25.7 Å². The van der Waals surface area contributed by atoms with Crippen LogP contribution in [-0.2, 0) is 14.3 Å². The molecule has 1 aliphatic rings. The van der Waals surface area contributed by atoms with Gasteiger partial charge in [0.05, 0.1) is 48.6 Å². The van der Waals surface area contributed by atoms with Crippen LogP contribution in [0.15, 0.2) is 66.2 Å². The molecule has 0 aliphatic carbocycles. The molecule has 38 heavy (non-hydrogen) atoms. The van der Waals surface area contributed by atoms with E-state index in [9.17, 15) is 24.6 Å². The van der Waals surface area contributed by atoms with E-state index in [0.29, 0.717) is 5.56 Å². The number of phenolic OH excluding ortho intramolecular Hbond substituents is 1. The highest BCUT2D eigenvalue weighted by Gasteiger charge is 2.47. The topological polar surface area (TPSA) is 123 Å². The standard InChI is InChI=1S/C28H24ClNO8/c1-4-38-28(35)16-8-5-9-17(11-16)30-24(15-7-6-10-18(31)12-15)23(26(33)27(30)34)25(32)19-13-20(29)22(37-3)14-21(19)36-2/h5-14,24,31-32H,4H2,1-3H3/b25-23+. The quantitative estimate of drug-likeness (QED) is 0.189. The first-order valence-corrected chi connectivity index (χ1v) is 11.9. The molecule has 196 valence electrons. The Balaban J connectivity index is 1.97. The number of hydrogen-bond acceptors (Lipinski definition) is 8. The number of aromatic hydroxyl groups is 1. The Morgan fingerprint density at radius 3 is 2.37 bits per heavy atom. The molecule has 2 N–H and O–H groups in total. The Labute approximate surface area is 223 Å². The second-order valence-electron chi connectivity index (χ2n) is 8.22. The molecular formula is C28H24ClNO8. The normalized spacial score (nSPS) is 16.4. The Morgan fingerprint density at radius 2 is 1.71 bits per heavy atom. The van der Waals surface area contributed by atoms with Crippen molar-refractivity contribution in [1.29, 1.82) is 0 Å². The Kier molecular flexibility index (Phi) is 7.59. The number of aliphatic hydroxyl groups excluding tert-OH is 1. The van der Waals surface area contributed by atoms with Crippen molar-refractivity contribution in [2.24, 2.45) is 0 Å². The van der Waals surface area contributed by atoms with Crippen molar-refractivity contribution < 1.29 is 38.8 Å². The lowest BCUT2D eigenvalue weighted by Gasteiger charge is -2.26. The lowest BCUT2D eigenvalue weighted by atomic mass is 9.94. The zero-order valence-corrected chi connectivity index (χ0v) is 21.5. The SMILES string of the molecule is CCOC(=O)c1cccc(N2C(=O)C(=O)/C(=C(/O)c3cc(Cl)c(OC)cc3OC)C2c2cccc(O)c2)c1. The number of rotatable bonds is 7. The summed E-state index contributed by atoms with van der Waals surface area (Å²) in [6, 6.07) is 13.6. The first-order valence-electron chi connectivity index (χ1n) is 11.5. The van der Waals surface area contributed by atoms with Crippen LogP contribution in [0.3, 0.4) is 0 Å². The van der Waals surface area contributed by atoms with Gasteiger partial charge in [0.2, 0.25) is 0 Å². The van der Waals surface area contributed by atoms with E-state index in [2.05, 4.69) is 0 Å². The molecule has 1 aliphatic heterocycles. The zero-order valence-electron chi connectivity index (χ0n) is 20.7. The van der Waals surface area contributed by atoms with Crippen LogP contribution in [0.25, 0.3) is 5.76 Å². The van der Waals surface area contributed by atoms with Gasteiger partial charge in [-0.2, -0.15) is 0 Å². The largest absolute Gasteiger partial charge is 0.508 e. The lowest BCUT2D eigenvalue weighted by molar-refractivity contribution is -0.132. The molecule has 3 aromatic carbocycles. The fourth-order valence-corrected chi connectivity index (χ4v) is 4.54. The number of benzene rings is 3. The molecule has 0 saturated carbocycles. The number of esters is 1. The molecule has 10 heteroatoms. The molecule has 1 saturated heterocycles. The third-order valence-corrected chi connectivity index (χ3v) is 6.29. The first-order chi connectivity index (χ1) is 18.2. The van der Waals surface area contributed by atoms with E-state index < -0.39 is 29.5 Å². The molecule has 1 heterocycles. The van der Waals surface area contributed by atoms with Gasteiger partial charge >= 0.3 is 5.97 Å². The minimum absolute atomic E-state index is 0.0572. The predicted molar refractivity (Wildman–Crippen MR) is 140 cm³/mol. The number of amides is 1. The molecule has 0 bridgehead atoms. The van der Waals surface area contributed by atoms with Crippen molar-refractivity contribution >= 4 is 40.7 Å². The first kappa shape index (κ1) is 26.6. The third kappa shape index (κ3) is 4.76. The second-order valence-corrected chi connectivity index (χ2v) is 8.63. The summed E-state index contributed by atoms with van der Waals surface area (Å²) in [4.78, 5) is 40.4. The molecular weight excluding hydrogens is 514 g/mol. The van der Waals surface area contributed by atoms with Gasteiger partial charge < -0.3 is 24.4 Å². The van der Waals surface area contributed by atoms with Gasteiger partial charge in [-0.1, -0.05) is 29.8 Å². The van der Waals surface area contributed by atoms with E-state index in [1.54, 1.807) is 31.2 Å². The number of ketones is 1. The van der Waals surface area contributed by atoms with Crippen LogP contribution >= 0.6 is 11.6 Å². The van der Waals surface area contributed by atoms with E-state index in [-0.39, 0.29) is 51.3 Å². The number of anilines is 1. The molecule has 1 amide bonds. The summed E-state index contributed by atoms with van der Waals surface area (Å²) in [6.07, 6.45) is 0. The van der Waals surface area contributed by atoms with Gasteiger partial charge in [0.1, 0.15) is 23.0 Å². The number of hydrogen-bond donors (Lipinski definition) is 2. The number of halogens is 1. The van der Waals surface area contributed by atoms with Crippen molar-refractivity contribution in [3.63, 3.8) is 0 Å². The van der Waals surface area contributed by atoms with Gasteiger partial charge in [0.15, 0.2) is 0 Å². The molecule has 0 spiro atoms. The average Bonchev–Trinajstić information content (AvgIpc) is 3.18. The van der Waals surface area contributed by atoms with Crippen LogP contribution < -0.4 is 14.4 Å². The highest BCUT2D eigenvalue weighted by molar-refractivity contribution is 6.51. The number of aliphatic hydroxyl groups is 1. The van der Waals surface area contributed by atoms with Gasteiger partial charge in [-0.05, 0) is 48.9 Å². The summed E-state index contributed by atoms with van der Waals surface area (Å²) in [5.41, 5.74) is 0.517. The third-order valence-electron chi connectivity index (χ3n) is 5.99. The molecule has 9 nitrogen and oxygen atoms in total. The molecule has 1 fully saturated rings. The van der Waals surface area contributed by atoms with E-state index in [4.69, 9.17) is 25.8 Å². The van der Waals surface area contributed by atoms with E-state index in [1.807, 2.05) is 0 Å². The van der Waals surface area contributed by atoms with E-state index in [1.165, 1.54) is 50.6 Å². The average molecular weight is 538 g/mol. The number of nitrogens with zero attached hydrogens (tertiary/aromatic N) is 1. The monoisotopic (exact) mass is 537 g/mol. The maximum atomic E-state index is 13.4. The van der Waals surface area contributed by atoms with Crippen LogP contribution in [-0.4, -0.2) is 48.7 Å². The number of carbonyl (C=O) groups excluding carboxylic acids is 3. The predicted octanol–water partition coefficient (Wildman–Crippen LogP) is 4.87. The summed E-state index contributed by atoms with van der Waals surface area (Å²) >= 11 is 6.29. The minimum Gasteiger partial charge on any atom is -0.508 e. The molecule has 0 radical (unpaired) electrons. The van der Waals surface area contributed by atoms with Crippen molar-refractivity contribution in [3.05, 3.63) is 87.9 Å². The van der Waals surface area contributed by atoms with Crippen molar-refractivity contribution in [2.45, 2.75) is 13.0 Å². The number of carbonyl (C=O) groups is 3. The Bertz CT molecular complexity index is 1460. The Morgan fingerprint density at radius 1 is 1.00 bits per heavy atom. The minimum atomic E-state index is -1.16. The summed E-state index contributed by atoms with van der Waals surface area (Å²) in [5.74, 6) is -2.75. The lowest BCUT2D eigenvalue weighted by Crippen LogP contribution is -2.29. The van der Waals surface area contributed by atoms with Gasteiger partial charge in [-0.15, -0.1) is 0 Å². The van der Waals surface area contributed by atoms with Gasteiger partial charge in [-0.25, -0.2) is 4.79 Å². The van der Waals surface area contributed by atoms with Gasteiger partial charge in [0.25, 0.3) is 11.7 Å². The maximum Gasteiger partial charge on any atom is 0.338 e.